The highest BCUT2D eigenvalue weighted by Gasteiger charge is 2.22. The summed E-state index contributed by atoms with van der Waals surface area (Å²) >= 11 is 0. The molecule has 1 aliphatic heterocycles. The predicted molar refractivity (Wildman–Crippen MR) is 94.1 cm³/mol. The molecule has 0 radical (unpaired) electrons. The predicted octanol–water partition coefficient (Wildman–Crippen LogP) is 4.64. The lowest BCUT2D eigenvalue weighted by atomic mass is 9.97. The monoisotopic (exact) mass is 310 g/mol. The molecule has 122 valence electrons. The average molecular weight is 310 g/mol. The minimum Gasteiger partial charge on any atom is -0.491 e. The van der Waals surface area contributed by atoms with Crippen molar-refractivity contribution < 1.29 is 9.47 Å². The van der Waals surface area contributed by atoms with Crippen LogP contribution >= 0.6 is 0 Å². The van der Waals surface area contributed by atoms with Crippen molar-refractivity contribution in [3.05, 3.63) is 65.2 Å². The maximum Gasteiger partial charge on any atom is 0.119 e. The van der Waals surface area contributed by atoms with Crippen molar-refractivity contribution in [1.82, 2.24) is 0 Å². The SMILES string of the molecule is CCC(C)Cc1ccc(Cc2ccc(OCC3CO3)cc2)cc1. The zero-order valence-electron chi connectivity index (χ0n) is 14.1. The number of ether oxygens (including phenoxy) is 2. The van der Waals surface area contributed by atoms with E-state index in [4.69, 9.17) is 9.47 Å². The van der Waals surface area contributed by atoms with E-state index < -0.39 is 0 Å². The van der Waals surface area contributed by atoms with E-state index in [2.05, 4.69) is 62.4 Å². The Kier molecular flexibility index (Phi) is 5.35. The number of rotatable bonds is 8. The first kappa shape index (κ1) is 16.1. The van der Waals surface area contributed by atoms with E-state index in [-0.39, 0.29) is 0 Å². The van der Waals surface area contributed by atoms with Crippen LogP contribution in [0.5, 0.6) is 5.75 Å². The fourth-order valence-corrected chi connectivity index (χ4v) is 2.63. The lowest BCUT2D eigenvalue weighted by Gasteiger charge is -2.09. The Morgan fingerprint density at radius 3 is 2.13 bits per heavy atom. The van der Waals surface area contributed by atoms with E-state index in [0.717, 1.165) is 24.7 Å². The van der Waals surface area contributed by atoms with Gasteiger partial charge in [0.1, 0.15) is 18.5 Å². The van der Waals surface area contributed by atoms with Gasteiger partial charge in [-0.3, -0.25) is 0 Å². The molecule has 2 unspecified atom stereocenters. The van der Waals surface area contributed by atoms with E-state index in [9.17, 15) is 0 Å². The highest BCUT2D eigenvalue weighted by atomic mass is 16.6. The van der Waals surface area contributed by atoms with Gasteiger partial charge in [-0.1, -0.05) is 56.7 Å². The highest BCUT2D eigenvalue weighted by molar-refractivity contribution is 5.32. The number of epoxide rings is 1. The van der Waals surface area contributed by atoms with E-state index in [1.807, 2.05) is 0 Å². The van der Waals surface area contributed by atoms with Gasteiger partial charge in [0.2, 0.25) is 0 Å². The molecule has 3 rings (SSSR count). The van der Waals surface area contributed by atoms with Gasteiger partial charge in [0.05, 0.1) is 6.61 Å². The molecule has 0 aliphatic carbocycles. The van der Waals surface area contributed by atoms with Gasteiger partial charge in [0.15, 0.2) is 0 Å². The van der Waals surface area contributed by atoms with Crippen LogP contribution in [0.2, 0.25) is 0 Å². The summed E-state index contributed by atoms with van der Waals surface area (Å²) in [6, 6.07) is 17.5. The highest BCUT2D eigenvalue weighted by Crippen LogP contribution is 2.18. The van der Waals surface area contributed by atoms with Gasteiger partial charge in [-0.2, -0.15) is 0 Å². The van der Waals surface area contributed by atoms with Crippen LogP contribution in [0.4, 0.5) is 0 Å². The van der Waals surface area contributed by atoms with Crippen molar-refractivity contribution in [2.24, 2.45) is 5.92 Å². The molecule has 2 heteroatoms. The minimum absolute atomic E-state index is 0.309. The number of hydrogen-bond acceptors (Lipinski definition) is 2. The van der Waals surface area contributed by atoms with Gasteiger partial charge in [-0.05, 0) is 47.6 Å². The quantitative estimate of drug-likeness (QED) is 0.662. The largest absolute Gasteiger partial charge is 0.491 e. The summed E-state index contributed by atoms with van der Waals surface area (Å²) in [6.07, 6.45) is 3.69. The normalized spacial score (nSPS) is 17.7. The molecule has 0 N–H and O–H groups in total. The molecular formula is C21H26O2. The van der Waals surface area contributed by atoms with Crippen molar-refractivity contribution in [2.75, 3.05) is 13.2 Å². The van der Waals surface area contributed by atoms with Crippen LogP contribution in [0.25, 0.3) is 0 Å². The fraction of sp³-hybridized carbons (Fsp3) is 0.429. The Balaban J connectivity index is 1.53. The molecule has 2 aromatic rings. The molecule has 2 atom stereocenters. The van der Waals surface area contributed by atoms with Gasteiger partial charge >= 0.3 is 0 Å². The molecule has 0 spiro atoms. The van der Waals surface area contributed by atoms with Crippen molar-refractivity contribution in [3.63, 3.8) is 0 Å². The first-order valence-corrected chi connectivity index (χ1v) is 8.64. The summed E-state index contributed by atoms with van der Waals surface area (Å²) in [5, 5.41) is 0. The van der Waals surface area contributed by atoms with Gasteiger partial charge in [-0.15, -0.1) is 0 Å². The smallest absolute Gasteiger partial charge is 0.119 e. The topological polar surface area (TPSA) is 21.8 Å². The summed E-state index contributed by atoms with van der Waals surface area (Å²) < 4.78 is 10.8. The zero-order valence-corrected chi connectivity index (χ0v) is 14.1. The summed E-state index contributed by atoms with van der Waals surface area (Å²) in [4.78, 5) is 0. The molecule has 2 nitrogen and oxygen atoms in total. The van der Waals surface area contributed by atoms with E-state index in [0.29, 0.717) is 12.7 Å². The van der Waals surface area contributed by atoms with Gasteiger partial charge in [0, 0.05) is 0 Å². The Morgan fingerprint density at radius 1 is 1.00 bits per heavy atom. The lowest BCUT2D eigenvalue weighted by Crippen LogP contribution is -2.03. The molecule has 1 aliphatic rings. The maximum absolute atomic E-state index is 5.67. The number of benzene rings is 2. The molecule has 2 aromatic carbocycles. The molecule has 23 heavy (non-hydrogen) atoms. The van der Waals surface area contributed by atoms with Crippen molar-refractivity contribution in [2.45, 2.75) is 39.2 Å². The molecule has 0 bridgehead atoms. The van der Waals surface area contributed by atoms with Crippen molar-refractivity contribution >= 4 is 0 Å². The molecule has 1 fully saturated rings. The Labute approximate surface area is 139 Å². The molecule has 1 heterocycles. The van der Waals surface area contributed by atoms with Crippen molar-refractivity contribution in [1.29, 1.82) is 0 Å². The molecule has 0 amide bonds. The Hall–Kier alpha value is -1.80. The maximum atomic E-state index is 5.67. The van der Waals surface area contributed by atoms with Crippen LogP contribution in [0.15, 0.2) is 48.5 Å². The van der Waals surface area contributed by atoms with Crippen LogP contribution < -0.4 is 4.74 Å². The lowest BCUT2D eigenvalue weighted by molar-refractivity contribution is 0.263. The molecule has 0 aromatic heterocycles. The fourth-order valence-electron chi connectivity index (χ4n) is 2.63. The Morgan fingerprint density at radius 2 is 1.57 bits per heavy atom. The van der Waals surface area contributed by atoms with Crippen LogP contribution in [-0.2, 0) is 17.6 Å². The second kappa shape index (κ2) is 7.65. The third-order valence-corrected chi connectivity index (χ3v) is 4.47. The van der Waals surface area contributed by atoms with Crippen LogP contribution in [0, 0.1) is 5.92 Å². The Bertz CT molecular complexity index is 597. The first-order valence-electron chi connectivity index (χ1n) is 8.64. The second-order valence-electron chi connectivity index (χ2n) is 6.62. The van der Waals surface area contributed by atoms with Crippen LogP contribution in [0.3, 0.4) is 0 Å². The van der Waals surface area contributed by atoms with E-state index in [1.54, 1.807) is 0 Å². The summed E-state index contributed by atoms with van der Waals surface area (Å²) in [5.74, 6) is 1.68. The van der Waals surface area contributed by atoms with E-state index >= 15 is 0 Å². The molecular weight excluding hydrogens is 284 g/mol. The summed E-state index contributed by atoms with van der Waals surface area (Å²) in [6.45, 7) is 6.07. The number of hydrogen-bond donors (Lipinski definition) is 0. The standard InChI is InChI=1S/C21H26O2/c1-3-16(2)12-17-4-6-18(7-5-17)13-19-8-10-20(11-9-19)22-14-21-15-23-21/h4-11,16,21H,3,12-15H2,1-2H3. The third kappa shape index (κ3) is 5.11. The second-order valence-corrected chi connectivity index (χ2v) is 6.62. The average Bonchev–Trinajstić information content (AvgIpc) is 3.40. The van der Waals surface area contributed by atoms with Crippen LogP contribution in [-0.4, -0.2) is 19.3 Å². The zero-order chi connectivity index (χ0) is 16.1. The van der Waals surface area contributed by atoms with E-state index in [1.165, 1.54) is 29.5 Å². The first-order chi connectivity index (χ1) is 11.2. The van der Waals surface area contributed by atoms with Gasteiger partial charge in [-0.25, -0.2) is 0 Å². The van der Waals surface area contributed by atoms with Crippen molar-refractivity contribution in [3.8, 4) is 5.75 Å². The van der Waals surface area contributed by atoms with Gasteiger partial charge < -0.3 is 9.47 Å². The summed E-state index contributed by atoms with van der Waals surface area (Å²) in [5.41, 5.74) is 4.11. The minimum atomic E-state index is 0.309. The molecule has 0 saturated carbocycles. The van der Waals surface area contributed by atoms with Crippen LogP contribution in [0.1, 0.15) is 37.0 Å². The summed E-state index contributed by atoms with van der Waals surface area (Å²) in [7, 11) is 0. The molecule has 1 saturated heterocycles. The third-order valence-electron chi connectivity index (χ3n) is 4.47. The van der Waals surface area contributed by atoms with Gasteiger partial charge in [0.25, 0.3) is 0 Å².